The van der Waals surface area contributed by atoms with Crippen molar-refractivity contribution in [2.45, 2.75) is 46.8 Å². The van der Waals surface area contributed by atoms with Gasteiger partial charge in [-0.15, -0.1) is 0 Å². The van der Waals surface area contributed by atoms with Gasteiger partial charge in [0.25, 0.3) is 0 Å². The summed E-state index contributed by atoms with van der Waals surface area (Å²) in [7, 11) is 0. The smallest absolute Gasteiger partial charge is 0.324 e. The zero-order chi connectivity index (χ0) is 21.4. The first kappa shape index (κ1) is 20.8. The van der Waals surface area contributed by atoms with Gasteiger partial charge >= 0.3 is 6.18 Å². The summed E-state index contributed by atoms with van der Waals surface area (Å²) in [6, 6.07) is 6.73. The van der Waals surface area contributed by atoms with Crippen LogP contribution in [0.25, 0.3) is 11.1 Å². The Kier molecular flexibility index (Phi) is 5.38. The van der Waals surface area contributed by atoms with E-state index in [0.717, 1.165) is 29.0 Å². The second kappa shape index (κ2) is 7.50. The first-order valence-corrected chi connectivity index (χ1v) is 9.27. The molecule has 2 aromatic heterocycles. The lowest BCUT2D eigenvalue weighted by Crippen LogP contribution is -2.21. The largest absolute Gasteiger partial charge is 0.433 e. The topological polar surface area (TPSA) is 55.6 Å². The number of hydrogen-bond acceptors (Lipinski definition) is 4. The van der Waals surface area contributed by atoms with Crippen LogP contribution < -0.4 is 5.32 Å². The van der Waals surface area contributed by atoms with E-state index in [2.05, 4.69) is 48.1 Å². The SMILES string of the molecule is Cc1cc(Nc2nccc(C(F)(F)F)n2)cc(-c2cnn(C(C)C(C)(C)C)c2)c1. The lowest BCUT2D eigenvalue weighted by atomic mass is 9.88. The maximum Gasteiger partial charge on any atom is 0.433 e. The molecule has 5 nitrogen and oxygen atoms in total. The van der Waals surface area contributed by atoms with Crippen LogP contribution in [0.5, 0.6) is 0 Å². The molecule has 0 aliphatic carbocycles. The molecule has 0 saturated carbocycles. The summed E-state index contributed by atoms with van der Waals surface area (Å²) in [5.41, 5.74) is 2.47. The van der Waals surface area contributed by atoms with Gasteiger partial charge in [0, 0.05) is 23.6 Å². The molecular weight excluding hydrogens is 379 g/mol. The van der Waals surface area contributed by atoms with Gasteiger partial charge in [0.2, 0.25) is 5.95 Å². The van der Waals surface area contributed by atoms with Crippen LogP contribution >= 0.6 is 0 Å². The Morgan fingerprint density at radius 3 is 2.45 bits per heavy atom. The van der Waals surface area contributed by atoms with Crippen LogP contribution in [-0.4, -0.2) is 19.7 Å². The highest BCUT2D eigenvalue weighted by atomic mass is 19.4. The van der Waals surface area contributed by atoms with Gasteiger partial charge < -0.3 is 5.32 Å². The number of aromatic nitrogens is 4. The number of nitrogens with one attached hydrogen (secondary N) is 1. The second-order valence-electron chi connectivity index (χ2n) is 8.23. The van der Waals surface area contributed by atoms with Crippen LogP contribution in [0.2, 0.25) is 0 Å². The molecule has 1 aromatic carbocycles. The molecule has 0 spiro atoms. The second-order valence-corrected chi connectivity index (χ2v) is 8.23. The fourth-order valence-corrected chi connectivity index (χ4v) is 2.82. The van der Waals surface area contributed by atoms with Crippen LogP contribution in [0.3, 0.4) is 0 Å². The Balaban J connectivity index is 1.89. The van der Waals surface area contributed by atoms with E-state index in [1.165, 1.54) is 0 Å². The summed E-state index contributed by atoms with van der Waals surface area (Å²) < 4.78 is 40.6. The van der Waals surface area contributed by atoms with Crippen LogP contribution in [0.4, 0.5) is 24.8 Å². The Bertz CT molecular complexity index is 1000. The van der Waals surface area contributed by atoms with E-state index in [0.29, 0.717) is 5.69 Å². The summed E-state index contributed by atoms with van der Waals surface area (Å²) in [5.74, 6) is -0.103. The van der Waals surface area contributed by atoms with Crippen LogP contribution in [0, 0.1) is 12.3 Å². The van der Waals surface area contributed by atoms with Crippen molar-refractivity contribution in [2.24, 2.45) is 5.41 Å². The van der Waals surface area contributed by atoms with Gasteiger partial charge in [-0.1, -0.05) is 26.8 Å². The number of hydrogen-bond donors (Lipinski definition) is 1. The number of alkyl halides is 3. The standard InChI is InChI=1S/C21H24F3N5/c1-13-8-15(16-11-26-29(12-16)14(2)20(3,4)5)10-17(9-13)27-19-25-7-6-18(28-19)21(22,23)24/h6-12,14H,1-5H3,(H,25,27,28). The van der Waals surface area contributed by atoms with Gasteiger partial charge in [-0.25, -0.2) is 9.97 Å². The normalized spacial score (nSPS) is 13.4. The molecule has 1 N–H and O–H groups in total. The average Bonchev–Trinajstić information content (AvgIpc) is 3.09. The third kappa shape index (κ3) is 4.93. The highest BCUT2D eigenvalue weighted by molar-refractivity contribution is 5.70. The monoisotopic (exact) mass is 403 g/mol. The summed E-state index contributed by atoms with van der Waals surface area (Å²) in [6.45, 7) is 10.5. The lowest BCUT2D eigenvalue weighted by Gasteiger charge is -2.27. The first-order valence-electron chi connectivity index (χ1n) is 9.27. The number of nitrogens with zero attached hydrogens (tertiary/aromatic N) is 4. The Morgan fingerprint density at radius 2 is 1.79 bits per heavy atom. The van der Waals surface area contributed by atoms with Crippen molar-refractivity contribution in [1.82, 2.24) is 19.7 Å². The van der Waals surface area contributed by atoms with Crippen molar-refractivity contribution in [1.29, 1.82) is 0 Å². The third-order valence-electron chi connectivity index (χ3n) is 4.86. The minimum atomic E-state index is -4.52. The summed E-state index contributed by atoms with van der Waals surface area (Å²) >= 11 is 0. The van der Waals surface area contributed by atoms with Crippen LogP contribution in [0.15, 0.2) is 42.9 Å². The number of benzene rings is 1. The van der Waals surface area contributed by atoms with E-state index in [-0.39, 0.29) is 17.4 Å². The maximum atomic E-state index is 12.9. The molecule has 0 saturated heterocycles. The van der Waals surface area contributed by atoms with Crippen LogP contribution in [-0.2, 0) is 6.18 Å². The predicted molar refractivity (Wildman–Crippen MR) is 107 cm³/mol. The molecule has 0 fully saturated rings. The highest BCUT2D eigenvalue weighted by Crippen LogP contribution is 2.32. The van der Waals surface area contributed by atoms with Gasteiger partial charge in [0.1, 0.15) is 5.69 Å². The third-order valence-corrected chi connectivity index (χ3v) is 4.86. The lowest BCUT2D eigenvalue weighted by molar-refractivity contribution is -0.141. The minimum absolute atomic E-state index is 0.0590. The maximum absolute atomic E-state index is 12.9. The molecule has 0 bridgehead atoms. The molecule has 29 heavy (non-hydrogen) atoms. The quantitative estimate of drug-likeness (QED) is 0.579. The van der Waals surface area contributed by atoms with Crippen molar-refractivity contribution in [3.05, 3.63) is 54.1 Å². The van der Waals surface area contributed by atoms with Crippen molar-refractivity contribution in [2.75, 3.05) is 5.32 Å². The molecule has 0 radical (unpaired) electrons. The van der Waals surface area contributed by atoms with Gasteiger partial charge in [-0.2, -0.15) is 18.3 Å². The summed E-state index contributed by atoms with van der Waals surface area (Å²) in [6.07, 6.45) is 0.346. The molecule has 0 amide bonds. The van der Waals surface area contributed by atoms with E-state index < -0.39 is 11.9 Å². The predicted octanol–water partition coefficient (Wildman–Crippen LogP) is 6.02. The zero-order valence-corrected chi connectivity index (χ0v) is 17.0. The summed E-state index contributed by atoms with van der Waals surface area (Å²) in [5, 5.41) is 7.36. The Labute approximate surface area is 168 Å². The average molecular weight is 403 g/mol. The molecule has 3 aromatic rings. The fourth-order valence-electron chi connectivity index (χ4n) is 2.82. The van der Waals surface area contributed by atoms with E-state index in [4.69, 9.17) is 0 Å². The van der Waals surface area contributed by atoms with E-state index in [1.54, 1.807) is 6.20 Å². The summed E-state index contributed by atoms with van der Waals surface area (Å²) in [4.78, 5) is 7.46. The number of anilines is 2. The minimum Gasteiger partial charge on any atom is -0.324 e. The number of aryl methyl sites for hydroxylation is 1. The van der Waals surface area contributed by atoms with E-state index in [9.17, 15) is 13.2 Å². The molecule has 1 unspecified atom stereocenters. The van der Waals surface area contributed by atoms with Gasteiger partial charge in [-0.3, -0.25) is 4.68 Å². The Hall–Kier alpha value is -2.90. The molecule has 1 atom stereocenters. The zero-order valence-electron chi connectivity index (χ0n) is 17.0. The van der Waals surface area contributed by atoms with Crippen molar-refractivity contribution in [3.8, 4) is 11.1 Å². The first-order chi connectivity index (χ1) is 13.4. The number of halogens is 3. The molecule has 3 rings (SSSR count). The molecular formula is C21H24F3N5. The van der Waals surface area contributed by atoms with E-state index in [1.807, 2.05) is 36.0 Å². The molecule has 2 heterocycles. The highest BCUT2D eigenvalue weighted by Gasteiger charge is 2.32. The number of rotatable bonds is 4. The van der Waals surface area contributed by atoms with Gasteiger partial charge in [0.15, 0.2) is 0 Å². The van der Waals surface area contributed by atoms with Gasteiger partial charge in [0.05, 0.1) is 12.2 Å². The fraction of sp³-hybridized carbons (Fsp3) is 0.381. The Morgan fingerprint density at radius 1 is 1.07 bits per heavy atom. The molecule has 8 heteroatoms. The van der Waals surface area contributed by atoms with Gasteiger partial charge in [-0.05, 0) is 48.6 Å². The van der Waals surface area contributed by atoms with Crippen molar-refractivity contribution < 1.29 is 13.2 Å². The van der Waals surface area contributed by atoms with Crippen LogP contribution in [0.1, 0.15) is 45.0 Å². The van der Waals surface area contributed by atoms with Crippen molar-refractivity contribution in [3.63, 3.8) is 0 Å². The van der Waals surface area contributed by atoms with E-state index >= 15 is 0 Å². The van der Waals surface area contributed by atoms with Crippen molar-refractivity contribution >= 4 is 11.6 Å². The molecule has 154 valence electrons. The molecule has 0 aliphatic heterocycles. The molecule has 0 aliphatic rings.